The fourth-order valence-electron chi connectivity index (χ4n) is 2.30. The molecule has 3 aromatic rings. The van der Waals surface area contributed by atoms with Crippen LogP contribution in [-0.4, -0.2) is 10.9 Å². The second kappa shape index (κ2) is 7.69. The molecule has 1 aromatic heterocycles. The predicted molar refractivity (Wildman–Crippen MR) is 92.3 cm³/mol. The Morgan fingerprint density at radius 2 is 1.62 bits per heavy atom. The summed E-state index contributed by atoms with van der Waals surface area (Å²) in [6.07, 6.45) is 2.73. The van der Waals surface area contributed by atoms with Crippen LogP contribution in [0.25, 0.3) is 0 Å². The van der Waals surface area contributed by atoms with Crippen LogP contribution in [-0.2, 0) is 6.54 Å². The number of pyridine rings is 1. The molecule has 0 saturated heterocycles. The van der Waals surface area contributed by atoms with Crippen molar-refractivity contribution in [1.29, 1.82) is 0 Å². The molecule has 2 aromatic carbocycles. The van der Waals surface area contributed by atoms with E-state index in [1.54, 1.807) is 18.2 Å². The third kappa shape index (κ3) is 4.00. The Bertz CT molecular complexity index is 927. The van der Waals surface area contributed by atoms with E-state index in [9.17, 15) is 18.0 Å². The molecule has 0 unspecified atom stereocenters. The first kappa shape index (κ1) is 17.5. The quantitative estimate of drug-likeness (QED) is 0.713. The summed E-state index contributed by atoms with van der Waals surface area (Å²) in [5, 5.41) is 5.14. The number of halogens is 3. The molecule has 3 rings (SSSR count). The number of aromatic nitrogens is 1. The normalized spacial score (nSPS) is 10.4. The molecular formula is C19H14F3N3O. The molecule has 4 nitrogen and oxygen atoms in total. The minimum atomic E-state index is -0.875. The number of anilines is 2. The first-order valence-electron chi connectivity index (χ1n) is 7.72. The second-order valence-electron chi connectivity index (χ2n) is 5.46. The third-order valence-corrected chi connectivity index (χ3v) is 3.64. The maximum Gasteiger partial charge on any atom is 0.257 e. The highest BCUT2D eigenvalue weighted by Gasteiger charge is 2.14. The fraction of sp³-hybridized carbons (Fsp3) is 0.0526. The summed E-state index contributed by atoms with van der Waals surface area (Å²) in [6, 6.07) is 11.0. The van der Waals surface area contributed by atoms with Gasteiger partial charge in [0.2, 0.25) is 0 Å². The monoisotopic (exact) mass is 357 g/mol. The summed E-state index contributed by atoms with van der Waals surface area (Å²) in [5.74, 6) is -2.81. The van der Waals surface area contributed by atoms with Gasteiger partial charge in [-0.2, -0.15) is 0 Å². The summed E-state index contributed by atoms with van der Waals surface area (Å²) in [7, 11) is 0. The minimum absolute atomic E-state index is 0.103. The fourth-order valence-corrected chi connectivity index (χ4v) is 2.30. The van der Waals surface area contributed by atoms with Crippen LogP contribution in [0.4, 0.5) is 24.5 Å². The number of hydrogen-bond donors (Lipinski definition) is 2. The number of nitrogens with one attached hydrogen (secondary N) is 2. The maximum absolute atomic E-state index is 13.6. The molecule has 0 saturated carbocycles. The van der Waals surface area contributed by atoms with Crippen LogP contribution in [0.3, 0.4) is 0 Å². The summed E-state index contributed by atoms with van der Waals surface area (Å²) in [5.41, 5.74) is 0.499. The van der Waals surface area contributed by atoms with Crippen molar-refractivity contribution in [2.45, 2.75) is 6.54 Å². The van der Waals surface area contributed by atoms with Crippen LogP contribution in [0.1, 0.15) is 15.9 Å². The Morgan fingerprint density at radius 3 is 2.35 bits per heavy atom. The van der Waals surface area contributed by atoms with Gasteiger partial charge in [-0.05, 0) is 24.3 Å². The van der Waals surface area contributed by atoms with Crippen molar-refractivity contribution < 1.29 is 18.0 Å². The van der Waals surface area contributed by atoms with Gasteiger partial charge in [-0.1, -0.05) is 24.3 Å². The van der Waals surface area contributed by atoms with Gasteiger partial charge in [0.25, 0.3) is 5.91 Å². The zero-order chi connectivity index (χ0) is 18.5. The lowest BCUT2D eigenvalue weighted by atomic mass is 10.2. The highest BCUT2D eigenvalue weighted by atomic mass is 19.1. The molecule has 26 heavy (non-hydrogen) atoms. The third-order valence-electron chi connectivity index (χ3n) is 3.64. The van der Waals surface area contributed by atoms with E-state index in [1.165, 1.54) is 30.6 Å². The van der Waals surface area contributed by atoms with Crippen molar-refractivity contribution >= 4 is 17.3 Å². The topological polar surface area (TPSA) is 54.0 Å². The molecule has 1 amide bonds. The predicted octanol–water partition coefficient (Wildman–Crippen LogP) is 4.36. The lowest BCUT2D eigenvalue weighted by molar-refractivity contribution is 0.102. The molecule has 0 aliphatic carbocycles. The number of rotatable bonds is 5. The van der Waals surface area contributed by atoms with Gasteiger partial charge in [-0.15, -0.1) is 0 Å². The summed E-state index contributed by atoms with van der Waals surface area (Å²) < 4.78 is 40.9. The van der Waals surface area contributed by atoms with E-state index in [0.29, 0.717) is 11.3 Å². The lowest BCUT2D eigenvalue weighted by Gasteiger charge is -2.10. The van der Waals surface area contributed by atoms with E-state index in [2.05, 4.69) is 15.6 Å². The number of nitrogens with zero attached hydrogens (tertiary/aromatic N) is 1. The largest absolute Gasteiger partial charge is 0.380 e. The Hall–Kier alpha value is -3.35. The number of benzene rings is 2. The van der Waals surface area contributed by atoms with Gasteiger partial charge in [0, 0.05) is 24.5 Å². The first-order chi connectivity index (χ1) is 12.5. The van der Waals surface area contributed by atoms with Gasteiger partial charge in [-0.3, -0.25) is 9.78 Å². The molecule has 0 radical (unpaired) electrons. The zero-order valence-corrected chi connectivity index (χ0v) is 13.5. The molecule has 132 valence electrons. The number of amides is 1. The minimum Gasteiger partial charge on any atom is -0.380 e. The number of carbonyl (C=O) groups is 1. The zero-order valence-electron chi connectivity index (χ0n) is 13.5. The summed E-state index contributed by atoms with van der Waals surface area (Å²) in [6.45, 7) is 0.196. The molecule has 1 heterocycles. The summed E-state index contributed by atoms with van der Waals surface area (Å²) in [4.78, 5) is 16.1. The Balaban J connectivity index is 1.72. The van der Waals surface area contributed by atoms with E-state index in [1.807, 2.05) is 0 Å². The van der Waals surface area contributed by atoms with E-state index in [0.717, 1.165) is 12.1 Å². The Kier molecular flexibility index (Phi) is 5.17. The van der Waals surface area contributed by atoms with Gasteiger partial charge in [0.1, 0.15) is 23.1 Å². The van der Waals surface area contributed by atoms with Crippen molar-refractivity contribution in [3.63, 3.8) is 0 Å². The molecule has 0 fully saturated rings. The van der Waals surface area contributed by atoms with Crippen LogP contribution in [0, 0.1) is 17.5 Å². The SMILES string of the molecule is O=C(Nc1c(F)cccc1F)c1cncc(NCc2ccccc2F)c1. The molecule has 0 atom stereocenters. The van der Waals surface area contributed by atoms with Crippen molar-refractivity contribution in [3.05, 3.63) is 89.5 Å². The van der Waals surface area contributed by atoms with Crippen molar-refractivity contribution in [2.24, 2.45) is 0 Å². The Morgan fingerprint density at radius 1 is 0.923 bits per heavy atom. The number of carbonyl (C=O) groups excluding carboxylic acids is 1. The highest BCUT2D eigenvalue weighted by molar-refractivity contribution is 6.04. The van der Waals surface area contributed by atoms with Gasteiger partial charge < -0.3 is 10.6 Å². The first-order valence-corrected chi connectivity index (χ1v) is 7.72. The van der Waals surface area contributed by atoms with E-state index < -0.39 is 23.2 Å². The van der Waals surface area contributed by atoms with E-state index >= 15 is 0 Å². The Labute approximate surface area is 147 Å². The van der Waals surface area contributed by atoms with Gasteiger partial charge in [0.15, 0.2) is 0 Å². The molecule has 0 bridgehead atoms. The maximum atomic E-state index is 13.6. The van der Waals surface area contributed by atoms with Gasteiger partial charge in [0.05, 0.1) is 11.3 Å². The average Bonchev–Trinajstić information content (AvgIpc) is 2.64. The molecular weight excluding hydrogens is 343 g/mol. The van der Waals surface area contributed by atoms with Gasteiger partial charge in [-0.25, -0.2) is 13.2 Å². The lowest BCUT2D eigenvalue weighted by Crippen LogP contribution is -2.15. The van der Waals surface area contributed by atoms with E-state index in [-0.39, 0.29) is 17.9 Å². The van der Waals surface area contributed by atoms with Crippen LogP contribution < -0.4 is 10.6 Å². The number of para-hydroxylation sites is 1. The molecule has 2 N–H and O–H groups in total. The smallest absolute Gasteiger partial charge is 0.257 e. The average molecular weight is 357 g/mol. The molecule has 0 aliphatic rings. The molecule has 0 spiro atoms. The van der Waals surface area contributed by atoms with Crippen molar-refractivity contribution in [2.75, 3.05) is 10.6 Å². The van der Waals surface area contributed by atoms with Crippen LogP contribution in [0.5, 0.6) is 0 Å². The number of hydrogen-bond acceptors (Lipinski definition) is 3. The highest BCUT2D eigenvalue weighted by Crippen LogP contribution is 2.19. The standard InChI is InChI=1S/C19H14F3N3O/c20-15-5-2-1-4-12(15)10-24-14-8-13(9-23-11-14)19(26)25-18-16(21)6-3-7-17(18)22/h1-9,11,24H,10H2,(H,25,26). The van der Waals surface area contributed by atoms with Crippen molar-refractivity contribution in [1.82, 2.24) is 4.98 Å². The second-order valence-corrected chi connectivity index (χ2v) is 5.46. The van der Waals surface area contributed by atoms with Crippen molar-refractivity contribution in [3.8, 4) is 0 Å². The van der Waals surface area contributed by atoms with Gasteiger partial charge >= 0.3 is 0 Å². The molecule has 0 aliphatic heterocycles. The summed E-state index contributed by atoms with van der Waals surface area (Å²) >= 11 is 0. The molecule has 7 heteroatoms. The van der Waals surface area contributed by atoms with Crippen LogP contribution in [0.2, 0.25) is 0 Å². The van der Waals surface area contributed by atoms with Crippen LogP contribution in [0.15, 0.2) is 60.9 Å². The van der Waals surface area contributed by atoms with Crippen LogP contribution >= 0.6 is 0 Å². The van der Waals surface area contributed by atoms with E-state index in [4.69, 9.17) is 0 Å².